The number of hydrogen-bond acceptors (Lipinski definition) is 6. The Balaban J connectivity index is 0.00000408. The van der Waals surface area contributed by atoms with Crippen LogP contribution in [0.4, 0.5) is 0 Å². The average Bonchev–Trinajstić information content (AvgIpc) is 2.87. The van der Waals surface area contributed by atoms with E-state index in [-0.39, 0.29) is 14.0 Å². The molecule has 1 heterocycles. The first-order valence-corrected chi connectivity index (χ1v) is 11.2. The molecule has 7 N–H and O–H groups in total. The van der Waals surface area contributed by atoms with E-state index in [0.717, 1.165) is 37.3 Å². The Hall–Kier alpha value is -3.22. The minimum atomic E-state index is -1.01. The van der Waals surface area contributed by atoms with E-state index in [4.69, 9.17) is 10.9 Å². The summed E-state index contributed by atoms with van der Waals surface area (Å²) in [5, 5.41) is 18.1. The van der Waals surface area contributed by atoms with Crippen molar-refractivity contribution in [3.63, 3.8) is 0 Å². The van der Waals surface area contributed by atoms with Gasteiger partial charge in [0, 0.05) is 29.8 Å². The summed E-state index contributed by atoms with van der Waals surface area (Å²) >= 11 is 0. The molecule has 34 heavy (non-hydrogen) atoms. The van der Waals surface area contributed by atoms with Crippen molar-refractivity contribution in [1.29, 1.82) is 0 Å². The van der Waals surface area contributed by atoms with Gasteiger partial charge in [0.1, 0.15) is 6.04 Å². The van der Waals surface area contributed by atoms with Crippen LogP contribution in [0, 0.1) is 17.8 Å². The van der Waals surface area contributed by atoms with Crippen LogP contribution in [0.3, 0.4) is 0 Å². The molecule has 2 amide bonds. The third kappa shape index (κ3) is 8.28. The average molecular weight is 466 g/mol. The second-order valence-electron chi connectivity index (χ2n) is 8.11. The predicted octanol–water partition coefficient (Wildman–Crippen LogP) is 1.37. The molecule has 182 valence electrons. The maximum Gasteiger partial charge on any atom is 0.267 e. The molecule has 2 atom stereocenters. The molecule has 0 saturated carbocycles. The lowest BCUT2D eigenvalue weighted by molar-refractivity contribution is -0.130. The number of hydroxylamine groups is 1. The van der Waals surface area contributed by atoms with Crippen LogP contribution in [0.15, 0.2) is 48.5 Å². The molecule has 1 fully saturated rings. The number of benzene rings is 2. The van der Waals surface area contributed by atoms with Gasteiger partial charge in [-0.2, -0.15) is 0 Å². The van der Waals surface area contributed by atoms with E-state index in [2.05, 4.69) is 39.9 Å². The number of rotatable bonds is 8. The van der Waals surface area contributed by atoms with Crippen molar-refractivity contribution in [2.24, 2.45) is 11.7 Å². The summed E-state index contributed by atoms with van der Waals surface area (Å²) in [6.45, 7) is 3.98. The molecule has 0 radical (unpaired) electrons. The lowest BCUT2D eigenvalue weighted by Crippen LogP contribution is -2.50. The van der Waals surface area contributed by atoms with Crippen LogP contribution in [-0.2, 0) is 11.3 Å². The standard InChI is InChI=1S/C25H31N5O3.CH4/c26-14-23(25(32)30-33)29-24(31)22-11-9-19(10-12-22)4-3-18-5-7-20(8-6-18)15-28-17-21-2-1-13-27-16-21;/h5-12,21,23,27-28,33H,1-2,13-17,26H2,(H,29,31)(H,30,32);1H4/t21?,23-;/m0./s1. The van der Waals surface area contributed by atoms with Crippen molar-refractivity contribution in [3.8, 4) is 11.8 Å². The number of carbonyl (C=O) groups excluding carboxylic acids is 2. The first-order valence-electron chi connectivity index (χ1n) is 11.2. The molecule has 2 aromatic carbocycles. The van der Waals surface area contributed by atoms with Gasteiger partial charge >= 0.3 is 0 Å². The Bertz CT molecular complexity index is 974. The fraction of sp³-hybridized carbons (Fsp3) is 0.385. The fourth-order valence-electron chi connectivity index (χ4n) is 3.63. The van der Waals surface area contributed by atoms with Crippen LogP contribution in [0.2, 0.25) is 0 Å². The van der Waals surface area contributed by atoms with Gasteiger partial charge in [0.25, 0.3) is 11.8 Å². The predicted molar refractivity (Wildman–Crippen MR) is 133 cm³/mol. The van der Waals surface area contributed by atoms with Crippen molar-refractivity contribution in [3.05, 3.63) is 70.8 Å². The Morgan fingerprint density at radius 1 is 1.09 bits per heavy atom. The van der Waals surface area contributed by atoms with E-state index in [1.807, 2.05) is 12.1 Å². The number of piperidine rings is 1. The SMILES string of the molecule is C.NC[C@H](NC(=O)c1ccc(C#Cc2ccc(CNCC3CCCNC3)cc2)cc1)C(=O)NO. The molecular weight excluding hydrogens is 430 g/mol. The lowest BCUT2D eigenvalue weighted by atomic mass is 10.00. The lowest BCUT2D eigenvalue weighted by Gasteiger charge is -2.22. The molecule has 0 aromatic heterocycles. The molecule has 0 aliphatic carbocycles. The highest BCUT2D eigenvalue weighted by Crippen LogP contribution is 2.09. The van der Waals surface area contributed by atoms with Gasteiger partial charge in [-0.15, -0.1) is 0 Å². The third-order valence-corrected chi connectivity index (χ3v) is 5.58. The minimum absolute atomic E-state index is 0. The van der Waals surface area contributed by atoms with Crippen molar-refractivity contribution in [1.82, 2.24) is 21.4 Å². The van der Waals surface area contributed by atoms with Crippen LogP contribution in [0.25, 0.3) is 0 Å². The zero-order valence-electron chi connectivity index (χ0n) is 18.6. The number of nitrogens with one attached hydrogen (secondary N) is 4. The van der Waals surface area contributed by atoms with Crippen LogP contribution < -0.4 is 27.2 Å². The van der Waals surface area contributed by atoms with Crippen LogP contribution in [0.1, 0.15) is 47.3 Å². The monoisotopic (exact) mass is 465 g/mol. The number of carbonyl (C=O) groups is 2. The highest BCUT2D eigenvalue weighted by atomic mass is 16.5. The van der Waals surface area contributed by atoms with E-state index < -0.39 is 17.9 Å². The van der Waals surface area contributed by atoms with Gasteiger partial charge < -0.3 is 21.7 Å². The molecule has 1 aliphatic heterocycles. The number of hydrogen-bond donors (Lipinski definition) is 6. The van der Waals surface area contributed by atoms with Gasteiger partial charge in [0.15, 0.2) is 0 Å². The molecule has 2 aromatic rings. The van der Waals surface area contributed by atoms with Crippen molar-refractivity contribution in [2.45, 2.75) is 32.9 Å². The summed E-state index contributed by atoms with van der Waals surface area (Å²) in [6, 6.07) is 13.9. The largest absolute Gasteiger partial charge is 0.339 e. The first-order chi connectivity index (χ1) is 16.1. The highest BCUT2D eigenvalue weighted by Gasteiger charge is 2.19. The summed E-state index contributed by atoms with van der Waals surface area (Å²) in [5.74, 6) is 5.71. The summed E-state index contributed by atoms with van der Waals surface area (Å²) in [4.78, 5) is 23.7. The molecule has 1 aliphatic rings. The summed E-state index contributed by atoms with van der Waals surface area (Å²) in [5.41, 5.74) is 10.2. The summed E-state index contributed by atoms with van der Waals surface area (Å²) in [6.07, 6.45) is 2.54. The zero-order valence-corrected chi connectivity index (χ0v) is 18.6. The van der Waals surface area contributed by atoms with Crippen molar-refractivity contribution >= 4 is 11.8 Å². The van der Waals surface area contributed by atoms with Gasteiger partial charge in [0.2, 0.25) is 0 Å². The highest BCUT2D eigenvalue weighted by molar-refractivity contribution is 5.97. The van der Waals surface area contributed by atoms with Crippen molar-refractivity contribution < 1.29 is 14.8 Å². The molecule has 3 rings (SSSR count). The normalized spacial score (nSPS) is 15.8. The second-order valence-corrected chi connectivity index (χ2v) is 8.11. The summed E-state index contributed by atoms with van der Waals surface area (Å²) in [7, 11) is 0. The zero-order chi connectivity index (χ0) is 23.5. The smallest absolute Gasteiger partial charge is 0.267 e. The van der Waals surface area contributed by atoms with Gasteiger partial charge in [-0.05, 0) is 80.4 Å². The molecule has 0 spiro atoms. The molecular formula is C26H35N5O3. The third-order valence-electron chi connectivity index (χ3n) is 5.58. The van der Waals surface area contributed by atoms with Crippen LogP contribution in [0.5, 0.6) is 0 Å². The van der Waals surface area contributed by atoms with E-state index in [1.54, 1.807) is 24.3 Å². The van der Waals surface area contributed by atoms with Crippen LogP contribution >= 0.6 is 0 Å². The van der Waals surface area contributed by atoms with E-state index in [9.17, 15) is 9.59 Å². The number of amides is 2. The van der Waals surface area contributed by atoms with Crippen molar-refractivity contribution in [2.75, 3.05) is 26.2 Å². The second kappa shape index (κ2) is 14.1. The molecule has 1 unspecified atom stereocenters. The molecule has 0 bridgehead atoms. The van der Waals surface area contributed by atoms with Gasteiger partial charge in [0.05, 0.1) is 0 Å². The quantitative estimate of drug-likeness (QED) is 0.199. The Morgan fingerprint density at radius 2 is 1.74 bits per heavy atom. The Kier molecular flexibility index (Phi) is 11.2. The summed E-state index contributed by atoms with van der Waals surface area (Å²) < 4.78 is 0. The van der Waals surface area contributed by atoms with Gasteiger partial charge in [-0.25, -0.2) is 5.48 Å². The minimum Gasteiger partial charge on any atom is -0.339 e. The topological polar surface area (TPSA) is 129 Å². The maximum absolute atomic E-state index is 12.2. The van der Waals surface area contributed by atoms with E-state index in [0.29, 0.717) is 11.5 Å². The molecule has 8 nitrogen and oxygen atoms in total. The van der Waals surface area contributed by atoms with Crippen LogP contribution in [-0.4, -0.2) is 49.2 Å². The van der Waals surface area contributed by atoms with Gasteiger partial charge in [-0.3, -0.25) is 14.8 Å². The van der Waals surface area contributed by atoms with Gasteiger partial charge in [-0.1, -0.05) is 31.4 Å². The van der Waals surface area contributed by atoms with E-state index >= 15 is 0 Å². The first kappa shape index (κ1) is 27.0. The van der Waals surface area contributed by atoms with E-state index in [1.165, 1.54) is 23.9 Å². The molecule has 8 heteroatoms. The molecule has 1 saturated heterocycles. The maximum atomic E-state index is 12.2. The fourth-order valence-corrected chi connectivity index (χ4v) is 3.63. The Morgan fingerprint density at radius 3 is 2.29 bits per heavy atom. The Labute approximate surface area is 201 Å². The number of nitrogens with two attached hydrogens (primary N) is 1.